The van der Waals surface area contributed by atoms with Crippen molar-refractivity contribution in [3.8, 4) is 0 Å². The number of anilines is 1. The van der Waals surface area contributed by atoms with Crippen molar-refractivity contribution in [3.63, 3.8) is 0 Å². The molecule has 3 rings (SSSR count). The zero-order chi connectivity index (χ0) is 16.1. The van der Waals surface area contributed by atoms with E-state index in [0.717, 1.165) is 6.54 Å². The van der Waals surface area contributed by atoms with Crippen molar-refractivity contribution >= 4 is 29.9 Å². The van der Waals surface area contributed by atoms with Gasteiger partial charge in [0.05, 0.1) is 19.8 Å². The summed E-state index contributed by atoms with van der Waals surface area (Å²) in [6, 6.07) is 6.93. The van der Waals surface area contributed by atoms with Gasteiger partial charge in [0.1, 0.15) is 6.10 Å². The Morgan fingerprint density at radius 1 is 1.12 bits per heavy atom. The number of nitrogens with zero attached hydrogens (tertiary/aromatic N) is 1. The number of carbonyl (C=O) groups is 2. The molecule has 7 nitrogen and oxygen atoms in total. The number of hydrogen-bond acceptors (Lipinski definition) is 5. The van der Waals surface area contributed by atoms with E-state index in [-0.39, 0.29) is 24.2 Å². The van der Waals surface area contributed by atoms with Crippen LogP contribution in [0, 0.1) is 0 Å². The van der Waals surface area contributed by atoms with Gasteiger partial charge in [-0.25, -0.2) is 0 Å². The van der Waals surface area contributed by atoms with E-state index in [1.165, 1.54) is 0 Å². The average molecular weight is 356 g/mol. The fraction of sp³-hybridized carbons (Fsp3) is 0.500. The van der Waals surface area contributed by atoms with Gasteiger partial charge in [-0.1, -0.05) is 0 Å². The van der Waals surface area contributed by atoms with Gasteiger partial charge in [-0.05, 0) is 24.3 Å². The predicted molar refractivity (Wildman–Crippen MR) is 91.7 cm³/mol. The highest BCUT2D eigenvalue weighted by atomic mass is 35.5. The van der Waals surface area contributed by atoms with Crippen LogP contribution in [0.1, 0.15) is 10.4 Å². The van der Waals surface area contributed by atoms with E-state index in [0.29, 0.717) is 50.7 Å². The lowest BCUT2D eigenvalue weighted by atomic mass is 10.1. The van der Waals surface area contributed by atoms with Crippen molar-refractivity contribution in [1.82, 2.24) is 10.2 Å². The molecule has 1 aromatic carbocycles. The Bertz CT molecular complexity index is 555. The van der Waals surface area contributed by atoms with E-state index in [9.17, 15) is 9.59 Å². The van der Waals surface area contributed by atoms with Crippen LogP contribution in [0.3, 0.4) is 0 Å². The van der Waals surface area contributed by atoms with Gasteiger partial charge in [0.15, 0.2) is 0 Å². The molecule has 8 heteroatoms. The molecular formula is C16H22ClN3O4. The third-order valence-corrected chi connectivity index (χ3v) is 3.92. The maximum atomic E-state index is 12.3. The molecule has 0 spiro atoms. The van der Waals surface area contributed by atoms with E-state index in [1.54, 1.807) is 29.2 Å². The molecule has 1 unspecified atom stereocenters. The molecule has 24 heavy (non-hydrogen) atoms. The Morgan fingerprint density at radius 2 is 1.83 bits per heavy atom. The number of ether oxygens (including phenoxy) is 2. The summed E-state index contributed by atoms with van der Waals surface area (Å²) in [6.07, 6.45) is -0.474. The Balaban J connectivity index is 0.00000208. The fourth-order valence-electron chi connectivity index (χ4n) is 2.60. The van der Waals surface area contributed by atoms with Gasteiger partial charge in [-0.3, -0.25) is 9.59 Å². The first-order valence-corrected chi connectivity index (χ1v) is 7.84. The van der Waals surface area contributed by atoms with Gasteiger partial charge in [0.25, 0.3) is 11.8 Å². The summed E-state index contributed by atoms with van der Waals surface area (Å²) in [5.74, 6) is -0.185. The highest BCUT2D eigenvalue weighted by molar-refractivity contribution is 5.97. The van der Waals surface area contributed by atoms with Crippen LogP contribution >= 0.6 is 12.4 Å². The molecule has 0 radical (unpaired) electrons. The average Bonchev–Trinajstić information content (AvgIpc) is 2.63. The number of nitrogens with one attached hydrogen (secondary N) is 2. The number of benzene rings is 1. The van der Waals surface area contributed by atoms with Crippen LogP contribution in [0.4, 0.5) is 5.69 Å². The first-order chi connectivity index (χ1) is 11.2. The molecule has 132 valence electrons. The predicted octanol–water partition coefficient (Wildman–Crippen LogP) is 0.508. The molecule has 0 aromatic heterocycles. The summed E-state index contributed by atoms with van der Waals surface area (Å²) >= 11 is 0. The molecule has 0 bridgehead atoms. The van der Waals surface area contributed by atoms with E-state index in [4.69, 9.17) is 9.47 Å². The van der Waals surface area contributed by atoms with Crippen molar-refractivity contribution in [3.05, 3.63) is 29.8 Å². The van der Waals surface area contributed by atoms with Crippen molar-refractivity contribution < 1.29 is 19.1 Å². The summed E-state index contributed by atoms with van der Waals surface area (Å²) < 4.78 is 10.7. The summed E-state index contributed by atoms with van der Waals surface area (Å²) in [7, 11) is 0. The van der Waals surface area contributed by atoms with Crippen molar-refractivity contribution in [2.75, 3.05) is 51.3 Å². The Labute approximate surface area is 147 Å². The number of rotatable bonds is 3. The fourth-order valence-corrected chi connectivity index (χ4v) is 2.60. The third-order valence-electron chi connectivity index (χ3n) is 3.92. The summed E-state index contributed by atoms with van der Waals surface area (Å²) in [5.41, 5.74) is 1.27. The maximum absolute atomic E-state index is 12.3. The minimum Gasteiger partial charge on any atom is -0.378 e. The second-order valence-corrected chi connectivity index (χ2v) is 5.53. The standard InChI is InChI=1S/C16H21N3O4.ClH/c20-15(14-11-17-5-8-23-14)18-13-3-1-12(2-4-13)16(21)19-6-9-22-10-7-19;/h1-4,14,17H,5-11H2,(H,18,20);1H. The van der Waals surface area contributed by atoms with E-state index in [2.05, 4.69) is 10.6 Å². The molecule has 0 saturated carbocycles. The van der Waals surface area contributed by atoms with Crippen LogP contribution in [0.2, 0.25) is 0 Å². The second kappa shape index (κ2) is 8.98. The van der Waals surface area contributed by atoms with Gasteiger partial charge in [0, 0.05) is 37.4 Å². The summed E-state index contributed by atoms with van der Waals surface area (Å²) in [5, 5.41) is 5.92. The van der Waals surface area contributed by atoms with E-state index < -0.39 is 6.10 Å². The van der Waals surface area contributed by atoms with Gasteiger partial charge >= 0.3 is 0 Å². The Hall–Kier alpha value is -1.67. The van der Waals surface area contributed by atoms with E-state index in [1.807, 2.05) is 0 Å². The number of halogens is 1. The first kappa shape index (κ1) is 18.7. The molecule has 2 amide bonds. The SMILES string of the molecule is Cl.O=C(Nc1ccc(C(=O)N2CCOCC2)cc1)C1CNCCO1. The lowest BCUT2D eigenvalue weighted by Gasteiger charge is -2.27. The molecule has 2 saturated heterocycles. The second-order valence-electron chi connectivity index (χ2n) is 5.53. The zero-order valence-corrected chi connectivity index (χ0v) is 14.1. The quantitative estimate of drug-likeness (QED) is 0.825. The topological polar surface area (TPSA) is 79.9 Å². The minimum absolute atomic E-state index is 0. The molecule has 1 aromatic rings. The number of carbonyl (C=O) groups excluding carboxylic acids is 2. The van der Waals surface area contributed by atoms with Crippen molar-refractivity contribution in [2.45, 2.75) is 6.10 Å². The summed E-state index contributed by atoms with van der Waals surface area (Å²) in [6.45, 7) is 4.20. The van der Waals surface area contributed by atoms with Gasteiger partial charge in [0.2, 0.25) is 0 Å². The number of amides is 2. The Kier molecular flexibility index (Phi) is 6.99. The first-order valence-electron chi connectivity index (χ1n) is 7.84. The maximum Gasteiger partial charge on any atom is 0.254 e. The van der Waals surface area contributed by atoms with Crippen LogP contribution in [0.15, 0.2) is 24.3 Å². The largest absolute Gasteiger partial charge is 0.378 e. The molecule has 2 N–H and O–H groups in total. The molecule has 0 aliphatic carbocycles. The van der Waals surface area contributed by atoms with Gasteiger partial charge in [-0.2, -0.15) is 0 Å². The Morgan fingerprint density at radius 3 is 2.46 bits per heavy atom. The van der Waals surface area contributed by atoms with Crippen LogP contribution in [-0.2, 0) is 14.3 Å². The van der Waals surface area contributed by atoms with Crippen LogP contribution in [0.25, 0.3) is 0 Å². The molecule has 1 atom stereocenters. The monoisotopic (exact) mass is 355 g/mol. The molecule has 2 aliphatic rings. The normalized spacial score (nSPS) is 20.8. The lowest BCUT2D eigenvalue weighted by Crippen LogP contribution is -2.45. The van der Waals surface area contributed by atoms with Crippen molar-refractivity contribution in [2.24, 2.45) is 0 Å². The van der Waals surface area contributed by atoms with Crippen LogP contribution < -0.4 is 10.6 Å². The third kappa shape index (κ3) is 4.67. The number of morpholine rings is 2. The van der Waals surface area contributed by atoms with Crippen molar-refractivity contribution in [1.29, 1.82) is 0 Å². The molecule has 2 aliphatic heterocycles. The number of hydrogen-bond donors (Lipinski definition) is 2. The van der Waals surface area contributed by atoms with E-state index >= 15 is 0 Å². The van der Waals surface area contributed by atoms with Gasteiger partial charge in [-0.15, -0.1) is 12.4 Å². The smallest absolute Gasteiger partial charge is 0.254 e. The lowest BCUT2D eigenvalue weighted by molar-refractivity contribution is -0.128. The highest BCUT2D eigenvalue weighted by Gasteiger charge is 2.22. The molecule has 2 fully saturated rings. The molecular weight excluding hydrogens is 334 g/mol. The summed E-state index contributed by atoms with van der Waals surface area (Å²) in [4.78, 5) is 26.2. The van der Waals surface area contributed by atoms with Gasteiger partial charge < -0.3 is 25.0 Å². The highest BCUT2D eigenvalue weighted by Crippen LogP contribution is 2.13. The zero-order valence-electron chi connectivity index (χ0n) is 13.3. The van der Waals surface area contributed by atoms with Crippen LogP contribution in [0.5, 0.6) is 0 Å². The minimum atomic E-state index is -0.474. The van der Waals surface area contributed by atoms with Crippen LogP contribution in [-0.4, -0.2) is 68.8 Å². The molecule has 2 heterocycles.